The Labute approximate surface area is 181 Å². The fraction of sp³-hybridized carbons (Fsp3) is 0.0870. The molecule has 0 bridgehead atoms. The Balaban J connectivity index is 1.64. The molecule has 1 heterocycles. The van der Waals surface area contributed by atoms with Gasteiger partial charge in [-0.1, -0.05) is 30.3 Å². The highest BCUT2D eigenvalue weighted by Crippen LogP contribution is 2.30. The Hall–Kier alpha value is -3.78. The summed E-state index contributed by atoms with van der Waals surface area (Å²) in [4.78, 5) is 4.37. The summed E-state index contributed by atoms with van der Waals surface area (Å²) in [7, 11) is -2.31. The lowest BCUT2D eigenvalue weighted by Crippen LogP contribution is -2.15. The summed E-state index contributed by atoms with van der Waals surface area (Å²) in [5, 5.41) is 3.17. The minimum atomic E-state index is -3.85. The van der Waals surface area contributed by atoms with Gasteiger partial charge in [0.1, 0.15) is 10.6 Å². The van der Waals surface area contributed by atoms with Crippen LogP contribution in [0.3, 0.4) is 0 Å². The lowest BCUT2D eigenvalue weighted by molar-refractivity contribution is 0.413. The lowest BCUT2D eigenvalue weighted by Gasteiger charge is -2.15. The fourth-order valence-electron chi connectivity index (χ4n) is 3.20. The van der Waals surface area contributed by atoms with Crippen LogP contribution < -0.4 is 14.8 Å². The van der Waals surface area contributed by atoms with Crippen molar-refractivity contribution in [3.8, 4) is 11.4 Å². The summed E-state index contributed by atoms with van der Waals surface area (Å²) < 4.78 is 36.3. The van der Waals surface area contributed by atoms with E-state index in [-0.39, 0.29) is 4.90 Å². The van der Waals surface area contributed by atoms with Gasteiger partial charge in [0, 0.05) is 18.0 Å². The minimum absolute atomic E-state index is 0.145. The maximum Gasteiger partial charge on any atom is 0.263 e. The summed E-state index contributed by atoms with van der Waals surface area (Å²) in [6.07, 6.45) is 3.55. The molecule has 31 heavy (non-hydrogen) atoms. The van der Waals surface area contributed by atoms with Crippen LogP contribution in [0.2, 0.25) is 0 Å². The van der Waals surface area contributed by atoms with Gasteiger partial charge >= 0.3 is 0 Å². The summed E-state index contributed by atoms with van der Waals surface area (Å²) in [5.74, 6) is 0.522. The van der Waals surface area contributed by atoms with E-state index in [1.165, 1.54) is 0 Å². The number of aromatic nitrogens is 2. The van der Waals surface area contributed by atoms with Gasteiger partial charge in [-0.15, -0.1) is 0 Å². The van der Waals surface area contributed by atoms with Gasteiger partial charge in [0.25, 0.3) is 10.0 Å². The number of para-hydroxylation sites is 2. The molecule has 2 N–H and O–H groups in total. The highest BCUT2D eigenvalue weighted by atomic mass is 32.2. The van der Waals surface area contributed by atoms with Crippen molar-refractivity contribution in [1.82, 2.24) is 9.55 Å². The fourth-order valence-corrected chi connectivity index (χ4v) is 4.41. The molecule has 0 atom stereocenters. The first kappa shape index (κ1) is 20.5. The first-order valence-electron chi connectivity index (χ1n) is 9.59. The zero-order valence-corrected chi connectivity index (χ0v) is 17.9. The summed E-state index contributed by atoms with van der Waals surface area (Å²) in [6.45, 7) is 1.90. The van der Waals surface area contributed by atoms with Crippen LogP contribution >= 0.6 is 0 Å². The molecule has 1 aromatic heterocycles. The molecule has 0 aliphatic rings. The topological polar surface area (TPSA) is 85.2 Å². The van der Waals surface area contributed by atoms with E-state index >= 15 is 0 Å². The monoisotopic (exact) mass is 434 g/mol. The molecule has 0 unspecified atom stereocenters. The second-order valence-electron chi connectivity index (χ2n) is 6.90. The lowest BCUT2D eigenvalue weighted by atomic mass is 10.2. The van der Waals surface area contributed by atoms with Crippen molar-refractivity contribution < 1.29 is 13.2 Å². The smallest absolute Gasteiger partial charge is 0.263 e. The van der Waals surface area contributed by atoms with E-state index in [0.717, 1.165) is 17.1 Å². The number of hydrogen-bond acceptors (Lipinski definition) is 5. The first-order valence-corrected chi connectivity index (χ1v) is 11.1. The standard InChI is InChI=1S/C23H22N4O3S/c1-17-15-27(16-24-17)21-13-12-19(14-22(21)30-2)26-31(28,29)23-11-7-6-10-20(23)25-18-8-4-3-5-9-18/h3-16,25-26H,1-2H3. The third-order valence-corrected chi connectivity index (χ3v) is 6.09. The Bertz CT molecular complexity index is 1300. The highest BCUT2D eigenvalue weighted by molar-refractivity contribution is 7.92. The molecule has 0 spiro atoms. The third-order valence-electron chi connectivity index (χ3n) is 4.65. The Morgan fingerprint density at radius 2 is 1.68 bits per heavy atom. The number of nitrogens with zero attached hydrogens (tertiary/aromatic N) is 2. The van der Waals surface area contributed by atoms with Gasteiger partial charge in [-0.2, -0.15) is 0 Å². The molecule has 0 amide bonds. The number of imidazole rings is 1. The van der Waals surface area contributed by atoms with E-state index in [0.29, 0.717) is 17.1 Å². The Morgan fingerprint density at radius 1 is 0.935 bits per heavy atom. The zero-order chi connectivity index (χ0) is 21.8. The molecule has 0 fully saturated rings. The van der Waals surface area contributed by atoms with Gasteiger partial charge in [-0.25, -0.2) is 13.4 Å². The van der Waals surface area contributed by atoms with Crippen molar-refractivity contribution in [2.75, 3.05) is 17.1 Å². The maximum atomic E-state index is 13.2. The van der Waals surface area contributed by atoms with Crippen LogP contribution in [0, 0.1) is 6.92 Å². The number of nitrogens with one attached hydrogen (secondary N) is 2. The molecular weight excluding hydrogens is 412 g/mol. The van der Waals surface area contributed by atoms with Crippen molar-refractivity contribution in [3.05, 3.63) is 91.0 Å². The van der Waals surface area contributed by atoms with Crippen LogP contribution in [-0.4, -0.2) is 25.1 Å². The van der Waals surface area contributed by atoms with Crippen molar-refractivity contribution in [2.24, 2.45) is 0 Å². The maximum absolute atomic E-state index is 13.2. The number of anilines is 3. The largest absolute Gasteiger partial charge is 0.494 e. The van der Waals surface area contributed by atoms with Gasteiger partial charge in [-0.3, -0.25) is 4.72 Å². The third kappa shape index (κ3) is 4.54. The van der Waals surface area contributed by atoms with E-state index < -0.39 is 10.0 Å². The molecular formula is C23H22N4O3S. The summed E-state index contributed by atoms with van der Waals surface area (Å²) in [5.41, 5.74) is 3.31. The molecule has 0 aliphatic heterocycles. The van der Waals surface area contributed by atoms with Crippen LogP contribution in [-0.2, 0) is 10.0 Å². The number of sulfonamides is 1. The van der Waals surface area contributed by atoms with Crippen LogP contribution in [0.1, 0.15) is 5.69 Å². The molecule has 4 rings (SSSR count). The average Bonchev–Trinajstić information content (AvgIpc) is 3.20. The molecule has 3 aromatic carbocycles. The van der Waals surface area contributed by atoms with Crippen LogP contribution in [0.4, 0.5) is 17.1 Å². The van der Waals surface area contributed by atoms with Crippen LogP contribution in [0.25, 0.3) is 5.69 Å². The van der Waals surface area contributed by atoms with Crippen molar-refractivity contribution in [2.45, 2.75) is 11.8 Å². The van der Waals surface area contributed by atoms with E-state index in [2.05, 4.69) is 15.0 Å². The predicted molar refractivity (Wildman–Crippen MR) is 122 cm³/mol. The summed E-state index contributed by atoms with van der Waals surface area (Å²) in [6, 6.07) is 21.3. The number of benzene rings is 3. The molecule has 0 saturated carbocycles. The average molecular weight is 435 g/mol. The minimum Gasteiger partial charge on any atom is -0.494 e. The number of aryl methyl sites for hydroxylation is 1. The SMILES string of the molecule is COc1cc(NS(=O)(=O)c2ccccc2Nc2ccccc2)ccc1-n1cnc(C)c1. The van der Waals surface area contributed by atoms with Crippen molar-refractivity contribution >= 4 is 27.1 Å². The van der Waals surface area contributed by atoms with Gasteiger partial charge in [0.05, 0.1) is 36.2 Å². The molecule has 0 saturated heterocycles. The van der Waals surface area contributed by atoms with Gasteiger partial charge in [-0.05, 0) is 43.3 Å². The zero-order valence-electron chi connectivity index (χ0n) is 17.1. The normalized spacial score (nSPS) is 11.2. The summed E-state index contributed by atoms with van der Waals surface area (Å²) >= 11 is 0. The molecule has 4 aromatic rings. The number of rotatable bonds is 7. The molecule has 0 radical (unpaired) electrons. The van der Waals surface area contributed by atoms with E-state index in [1.807, 2.05) is 48.0 Å². The number of ether oxygens (including phenoxy) is 1. The Morgan fingerprint density at radius 3 is 2.39 bits per heavy atom. The van der Waals surface area contributed by atoms with Gasteiger partial charge in [0.2, 0.25) is 0 Å². The quantitative estimate of drug-likeness (QED) is 0.439. The van der Waals surface area contributed by atoms with E-state index in [1.54, 1.807) is 55.9 Å². The number of methoxy groups -OCH3 is 1. The van der Waals surface area contributed by atoms with Crippen LogP contribution in [0.15, 0.2) is 90.2 Å². The second-order valence-corrected chi connectivity index (χ2v) is 8.55. The van der Waals surface area contributed by atoms with Crippen LogP contribution in [0.5, 0.6) is 5.75 Å². The highest BCUT2D eigenvalue weighted by Gasteiger charge is 2.19. The first-order chi connectivity index (χ1) is 15.0. The Kier molecular flexibility index (Phi) is 5.64. The molecule has 0 aliphatic carbocycles. The van der Waals surface area contributed by atoms with Crippen molar-refractivity contribution in [3.63, 3.8) is 0 Å². The predicted octanol–water partition coefficient (Wildman–Crippen LogP) is 4.73. The number of hydrogen-bond donors (Lipinski definition) is 2. The molecule has 158 valence electrons. The molecule has 7 nitrogen and oxygen atoms in total. The van der Waals surface area contributed by atoms with Gasteiger partial charge < -0.3 is 14.6 Å². The molecule has 8 heteroatoms. The van der Waals surface area contributed by atoms with E-state index in [4.69, 9.17) is 4.74 Å². The van der Waals surface area contributed by atoms with Gasteiger partial charge in [0.15, 0.2) is 0 Å². The van der Waals surface area contributed by atoms with Crippen molar-refractivity contribution in [1.29, 1.82) is 0 Å². The van der Waals surface area contributed by atoms with E-state index in [9.17, 15) is 8.42 Å². The second kappa shape index (κ2) is 8.53.